The van der Waals surface area contributed by atoms with Crippen molar-refractivity contribution < 1.29 is 19.1 Å². The smallest absolute Gasteiger partial charge is 0.326 e. The summed E-state index contributed by atoms with van der Waals surface area (Å²) in [4.78, 5) is 22.7. The van der Waals surface area contributed by atoms with Gasteiger partial charge in [0.05, 0.1) is 0 Å². The van der Waals surface area contributed by atoms with E-state index in [-0.39, 0.29) is 12.2 Å². The van der Waals surface area contributed by atoms with E-state index in [2.05, 4.69) is 5.32 Å². The Kier molecular flexibility index (Phi) is 5.51. The van der Waals surface area contributed by atoms with Crippen molar-refractivity contribution in [2.75, 3.05) is 6.26 Å². The molecule has 0 fully saturated rings. The van der Waals surface area contributed by atoms with Gasteiger partial charge in [-0.2, -0.15) is 0 Å². The summed E-state index contributed by atoms with van der Waals surface area (Å²) < 4.78 is 5.22. The van der Waals surface area contributed by atoms with Gasteiger partial charge in [-0.05, 0) is 31.7 Å². The number of carbonyl (C=O) groups is 2. The Morgan fingerprint density at radius 2 is 2.28 bits per heavy atom. The van der Waals surface area contributed by atoms with Crippen molar-refractivity contribution in [3.05, 3.63) is 30.0 Å². The molecule has 18 heavy (non-hydrogen) atoms. The minimum absolute atomic E-state index is 0.117. The number of carbonyl (C=O) groups excluding carboxylic acids is 1. The lowest BCUT2D eigenvalue weighted by molar-refractivity contribution is -0.139. The molecule has 0 aliphatic carbocycles. The van der Waals surface area contributed by atoms with Crippen molar-refractivity contribution in [1.29, 1.82) is 0 Å². The first-order chi connectivity index (χ1) is 8.58. The maximum absolute atomic E-state index is 11.8. The highest BCUT2D eigenvalue weighted by Gasteiger charge is 2.21. The Morgan fingerprint density at radius 3 is 2.78 bits per heavy atom. The number of carboxylic acid groups (broad SMARTS) is 1. The van der Waals surface area contributed by atoms with Gasteiger partial charge in [0, 0.05) is 0 Å². The number of hydrogen-bond donors (Lipinski definition) is 2. The van der Waals surface area contributed by atoms with Crippen molar-refractivity contribution in [2.45, 2.75) is 24.5 Å². The lowest BCUT2D eigenvalue weighted by Gasteiger charge is -2.11. The Labute approximate surface area is 109 Å². The minimum Gasteiger partial charge on any atom is -0.480 e. The van der Waals surface area contributed by atoms with E-state index in [0.717, 1.165) is 0 Å². The van der Waals surface area contributed by atoms with Crippen molar-refractivity contribution in [1.82, 2.24) is 5.32 Å². The summed E-state index contributed by atoms with van der Waals surface area (Å²) in [6, 6.07) is 2.24. The predicted octanol–water partition coefficient (Wildman–Crippen LogP) is 2.15. The number of rotatable bonds is 6. The second-order valence-corrected chi connectivity index (χ2v) is 4.30. The zero-order chi connectivity index (χ0) is 13.5. The van der Waals surface area contributed by atoms with Gasteiger partial charge in [-0.15, -0.1) is 0 Å². The van der Waals surface area contributed by atoms with Gasteiger partial charge in [0.15, 0.2) is 10.9 Å². The molecule has 0 saturated heterocycles. The van der Waals surface area contributed by atoms with E-state index in [9.17, 15) is 9.59 Å². The van der Waals surface area contributed by atoms with E-state index in [4.69, 9.17) is 9.52 Å². The topological polar surface area (TPSA) is 79.5 Å². The first-order valence-electron chi connectivity index (χ1n) is 5.37. The summed E-state index contributed by atoms with van der Waals surface area (Å²) in [5.41, 5.74) is 0. The maximum Gasteiger partial charge on any atom is 0.326 e. The van der Waals surface area contributed by atoms with Crippen LogP contribution in [0.3, 0.4) is 0 Å². The van der Waals surface area contributed by atoms with Gasteiger partial charge < -0.3 is 14.8 Å². The molecule has 6 heteroatoms. The van der Waals surface area contributed by atoms with E-state index < -0.39 is 17.9 Å². The molecule has 0 aliphatic heterocycles. The molecule has 0 saturated carbocycles. The second kappa shape index (κ2) is 6.90. The molecule has 0 aliphatic rings. The van der Waals surface area contributed by atoms with Crippen molar-refractivity contribution >= 4 is 23.6 Å². The predicted molar refractivity (Wildman–Crippen MR) is 68.8 cm³/mol. The van der Waals surface area contributed by atoms with E-state index in [1.807, 2.05) is 6.26 Å². The van der Waals surface area contributed by atoms with Crippen molar-refractivity contribution in [2.24, 2.45) is 0 Å². The van der Waals surface area contributed by atoms with Gasteiger partial charge in [0.1, 0.15) is 6.04 Å². The van der Waals surface area contributed by atoms with Gasteiger partial charge in [-0.25, -0.2) is 4.79 Å². The lowest BCUT2D eigenvalue weighted by atomic mass is 10.2. The van der Waals surface area contributed by atoms with Crippen LogP contribution in [-0.4, -0.2) is 29.3 Å². The highest BCUT2D eigenvalue weighted by Crippen LogP contribution is 2.17. The SMILES string of the molecule is C/C=C/CC(NC(=O)c1ccc(SC)o1)C(=O)O. The van der Waals surface area contributed by atoms with E-state index in [1.54, 1.807) is 25.1 Å². The second-order valence-electron chi connectivity index (χ2n) is 3.49. The Bertz CT molecular complexity index is 453. The van der Waals surface area contributed by atoms with Crippen LogP contribution in [0.2, 0.25) is 0 Å². The zero-order valence-electron chi connectivity index (χ0n) is 10.2. The summed E-state index contributed by atoms with van der Waals surface area (Å²) in [6.07, 6.45) is 5.50. The molecule has 98 valence electrons. The minimum atomic E-state index is -1.07. The number of nitrogens with one attached hydrogen (secondary N) is 1. The summed E-state index contributed by atoms with van der Waals surface area (Å²) >= 11 is 1.37. The molecule has 2 N–H and O–H groups in total. The summed E-state index contributed by atoms with van der Waals surface area (Å²) in [5, 5.41) is 12.0. The average Bonchev–Trinajstić information content (AvgIpc) is 2.82. The van der Waals surface area contributed by atoms with Crippen molar-refractivity contribution in [3.63, 3.8) is 0 Å². The van der Waals surface area contributed by atoms with Crippen LogP contribution in [-0.2, 0) is 4.79 Å². The molecule has 1 aromatic heterocycles. The van der Waals surface area contributed by atoms with Crippen LogP contribution in [0.1, 0.15) is 23.9 Å². The standard InChI is InChI=1S/C12H15NO4S/c1-3-4-5-8(12(15)16)13-11(14)9-6-7-10(17-9)18-2/h3-4,6-8H,5H2,1-2H3,(H,13,14)(H,15,16)/b4-3+. The molecule has 1 rings (SSSR count). The van der Waals surface area contributed by atoms with E-state index in [1.165, 1.54) is 17.8 Å². The Morgan fingerprint density at radius 1 is 1.56 bits per heavy atom. The quantitative estimate of drug-likeness (QED) is 0.611. The molecular formula is C12H15NO4S. The molecule has 1 heterocycles. The third kappa shape index (κ3) is 3.96. The first kappa shape index (κ1) is 14.4. The van der Waals surface area contributed by atoms with E-state index in [0.29, 0.717) is 5.09 Å². The van der Waals surface area contributed by atoms with Crippen LogP contribution in [0.25, 0.3) is 0 Å². The van der Waals surface area contributed by atoms with Gasteiger partial charge in [0.25, 0.3) is 5.91 Å². The molecule has 1 amide bonds. The van der Waals surface area contributed by atoms with Gasteiger partial charge >= 0.3 is 5.97 Å². The highest BCUT2D eigenvalue weighted by atomic mass is 32.2. The summed E-state index contributed by atoms with van der Waals surface area (Å²) in [6.45, 7) is 1.79. The molecule has 0 radical (unpaired) electrons. The molecule has 5 nitrogen and oxygen atoms in total. The fourth-order valence-electron chi connectivity index (χ4n) is 1.27. The van der Waals surface area contributed by atoms with Crippen LogP contribution in [0, 0.1) is 0 Å². The summed E-state index contributed by atoms with van der Waals surface area (Å²) in [7, 11) is 0. The lowest BCUT2D eigenvalue weighted by Crippen LogP contribution is -2.40. The molecule has 1 unspecified atom stereocenters. The fraction of sp³-hybridized carbons (Fsp3) is 0.333. The number of thioether (sulfide) groups is 1. The van der Waals surface area contributed by atoms with Crippen LogP contribution in [0.5, 0.6) is 0 Å². The number of carboxylic acids is 1. The fourth-order valence-corrected chi connectivity index (χ4v) is 1.65. The summed E-state index contributed by atoms with van der Waals surface area (Å²) in [5.74, 6) is -1.48. The highest BCUT2D eigenvalue weighted by molar-refractivity contribution is 7.98. The number of furan rings is 1. The van der Waals surface area contributed by atoms with Gasteiger partial charge in [-0.1, -0.05) is 23.9 Å². The van der Waals surface area contributed by atoms with Crippen LogP contribution in [0.15, 0.2) is 33.8 Å². The number of allylic oxidation sites excluding steroid dienone is 1. The van der Waals surface area contributed by atoms with E-state index >= 15 is 0 Å². The largest absolute Gasteiger partial charge is 0.480 e. The maximum atomic E-state index is 11.8. The first-order valence-corrected chi connectivity index (χ1v) is 6.59. The average molecular weight is 269 g/mol. The molecule has 1 aromatic rings. The Balaban J connectivity index is 2.68. The van der Waals surface area contributed by atoms with Gasteiger partial charge in [0.2, 0.25) is 0 Å². The Hall–Kier alpha value is -1.69. The molecular weight excluding hydrogens is 254 g/mol. The third-order valence-corrected chi connectivity index (χ3v) is 2.84. The molecule has 0 bridgehead atoms. The molecule has 0 spiro atoms. The molecule has 1 atom stereocenters. The van der Waals surface area contributed by atoms with Crippen LogP contribution < -0.4 is 5.32 Å². The van der Waals surface area contributed by atoms with Crippen LogP contribution >= 0.6 is 11.8 Å². The number of hydrogen-bond acceptors (Lipinski definition) is 4. The molecule has 0 aromatic carbocycles. The zero-order valence-corrected chi connectivity index (χ0v) is 11.0. The number of aliphatic carboxylic acids is 1. The van der Waals surface area contributed by atoms with Crippen LogP contribution in [0.4, 0.5) is 0 Å². The van der Waals surface area contributed by atoms with Gasteiger partial charge in [-0.3, -0.25) is 4.79 Å². The van der Waals surface area contributed by atoms with Crippen molar-refractivity contribution in [3.8, 4) is 0 Å². The normalized spacial score (nSPS) is 12.6. The third-order valence-electron chi connectivity index (χ3n) is 2.22. The monoisotopic (exact) mass is 269 g/mol. The number of amides is 1.